The molecule has 106 valence electrons. The van der Waals surface area contributed by atoms with E-state index in [1.165, 1.54) is 0 Å². The van der Waals surface area contributed by atoms with Crippen molar-refractivity contribution in [3.63, 3.8) is 0 Å². The Bertz CT molecular complexity index is 399. The van der Waals surface area contributed by atoms with Crippen molar-refractivity contribution in [2.75, 3.05) is 13.2 Å². The van der Waals surface area contributed by atoms with Crippen molar-refractivity contribution in [3.8, 4) is 5.75 Å². The van der Waals surface area contributed by atoms with Gasteiger partial charge in [0, 0.05) is 6.61 Å². The van der Waals surface area contributed by atoms with E-state index in [0.717, 1.165) is 6.42 Å². The number of carbonyl (C=O) groups is 1. The number of ether oxygens (including phenoxy) is 2. The molecule has 0 spiro atoms. The van der Waals surface area contributed by atoms with Crippen molar-refractivity contribution in [2.45, 2.75) is 40.2 Å². The fourth-order valence-corrected chi connectivity index (χ4v) is 1.91. The molecule has 0 bridgehead atoms. The zero-order valence-corrected chi connectivity index (χ0v) is 12.3. The number of benzene rings is 1. The molecule has 0 radical (unpaired) electrons. The van der Waals surface area contributed by atoms with Crippen LogP contribution in [-0.2, 0) is 4.74 Å². The lowest BCUT2D eigenvalue weighted by Gasteiger charge is -2.20. The normalized spacial score (nSPS) is 12.5. The molecule has 1 rings (SSSR count). The van der Waals surface area contributed by atoms with Gasteiger partial charge >= 0.3 is 0 Å². The van der Waals surface area contributed by atoms with Crippen molar-refractivity contribution in [1.82, 2.24) is 0 Å². The lowest BCUT2D eigenvalue weighted by atomic mass is 9.97. The van der Waals surface area contributed by atoms with Crippen molar-refractivity contribution in [2.24, 2.45) is 5.92 Å². The summed E-state index contributed by atoms with van der Waals surface area (Å²) in [7, 11) is 0. The number of hydrogen-bond acceptors (Lipinski definition) is 3. The lowest BCUT2D eigenvalue weighted by molar-refractivity contribution is 0.0277. The van der Waals surface area contributed by atoms with Gasteiger partial charge in [0.25, 0.3) is 0 Å². The van der Waals surface area contributed by atoms with Crippen molar-refractivity contribution >= 4 is 5.78 Å². The Balaban J connectivity index is 2.96. The third kappa shape index (κ3) is 4.35. The van der Waals surface area contributed by atoms with Gasteiger partial charge < -0.3 is 9.47 Å². The quantitative estimate of drug-likeness (QED) is 0.671. The van der Waals surface area contributed by atoms with Crippen molar-refractivity contribution < 1.29 is 14.3 Å². The van der Waals surface area contributed by atoms with Crippen LogP contribution in [0.1, 0.15) is 44.5 Å². The maximum Gasteiger partial charge on any atom is 0.195 e. The van der Waals surface area contributed by atoms with Crippen LogP contribution in [-0.4, -0.2) is 25.1 Å². The van der Waals surface area contributed by atoms with Crippen LogP contribution in [0.2, 0.25) is 0 Å². The third-order valence-electron chi connectivity index (χ3n) is 2.82. The van der Waals surface area contributed by atoms with E-state index in [9.17, 15) is 4.79 Å². The number of carbonyl (C=O) groups excluding carboxylic acids is 1. The summed E-state index contributed by atoms with van der Waals surface area (Å²) in [4.78, 5) is 12.6. The molecule has 0 aliphatic heterocycles. The molecule has 1 aromatic carbocycles. The summed E-state index contributed by atoms with van der Waals surface area (Å²) < 4.78 is 11.2. The van der Waals surface area contributed by atoms with Gasteiger partial charge in [-0.3, -0.25) is 4.79 Å². The average molecular weight is 264 g/mol. The second kappa shape index (κ2) is 7.95. The average Bonchev–Trinajstić information content (AvgIpc) is 2.41. The predicted octanol–water partition coefficient (Wildman–Crippen LogP) is 3.72. The van der Waals surface area contributed by atoms with E-state index in [1.54, 1.807) is 0 Å². The van der Waals surface area contributed by atoms with Gasteiger partial charge in [-0.25, -0.2) is 0 Å². The molecule has 3 heteroatoms. The van der Waals surface area contributed by atoms with Gasteiger partial charge in [0.15, 0.2) is 5.78 Å². The van der Waals surface area contributed by atoms with Crippen LogP contribution in [0.15, 0.2) is 24.3 Å². The molecule has 19 heavy (non-hydrogen) atoms. The van der Waals surface area contributed by atoms with E-state index < -0.39 is 6.10 Å². The fourth-order valence-electron chi connectivity index (χ4n) is 1.91. The van der Waals surface area contributed by atoms with Gasteiger partial charge in [-0.2, -0.15) is 0 Å². The molecule has 1 aromatic rings. The van der Waals surface area contributed by atoms with Gasteiger partial charge in [-0.05, 0) is 31.4 Å². The third-order valence-corrected chi connectivity index (χ3v) is 2.82. The molecule has 0 aliphatic carbocycles. The van der Waals surface area contributed by atoms with E-state index >= 15 is 0 Å². The van der Waals surface area contributed by atoms with E-state index in [2.05, 4.69) is 0 Å². The largest absolute Gasteiger partial charge is 0.493 e. The van der Waals surface area contributed by atoms with E-state index in [0.29, 0.717) is 24.5 Å². The summed E-state index contributed by atoms with van der Waals surface area (Å²) in [6, 6.07) is 7.39. The van der Waals surface area contributed by atoms with Gasteiger partial charge in [0.2, 0.25) is 0 Å². The van der Waals surface area contributed by atoms with Crippen molar-refractivity contribution in [1.29, 1.82) is 0 Å². The number of hydrogen-bond donors (Lipinski definition) is 0. The number of rotatable bonds is 8. The van der Waals surface area contributed by atoms with Gasteiger partial charge in [-0.1, -0.05) is 32.9 Å². The Hall–Kier alpha value is -1.35. The second-order valence-electron chi connectivity index (χ2n) is 4.83. The zero-order chi connectivity index (χ0) is 14.3. The van der Waals surface area contributed by atoms with Gasteiger partial charge in [-0.15, -0.1) is 0 Å². The fraction of sp³-hybridized carbons (Fsp3) is 0.562. The first-order chi connectivity index (χ1) is 9.11. The zero-order valence-electron chi connectivity index (χ0n) is 12.3. The lowest BCUT2D eigenvalue weighted by Crippen LogP contribution is -2.30. The Morgan fingerprint density at radius 1 is 1.21 bits per heavy atom. The molecule has 1 unspecified atom stereocenters. The van der Waals surface area contributed by atoms with Gasteiger partial charge in [0.1, 0.15) is 11.9 Å². The summed E-state index contributed by atoms with van der Waals surface area (Å²) in [5.41, 5.74) is 0.614. The maximum atomic E-state index is 12.6. The predicted molar refractivity (Wildman–Crippen MR) is 76.8 cm³/mol. The first-order valence-electron chi connectivity index (χ1n) is 6.99. The molecule has 0 aromatic heterocycles. The van der Waals surface area contributed by atoms with Crippen LogP contribution in [0.25, 0.3) is 0 Å². The smallest absolute Gasteiger partial charge is 0.195 e. The number of ketones is 1. The topological polar surface area (TPSA) is 35.5 Å². The summed E-state index contributed by atoms with van der Waals surface area (Å²) >= 11 is 0. The minimum Gasteiger partial charge on any atom is -0.493 e. The Morgan fingerprint density at radius 2 is 1.89 bits per heavy atom. The summed E-state index contributed by atoms with van der Waals surface area (Å²) in [6.07, 6.45) is 0.512. The Morgan fingerprint density at radius 3 is 2.47 bits per heavy atom. The first kappa shape index (κ1) is 15.7. The molecular formula is C16H24O3. The highest BCUT2D eigenvalue weighted by Crippen LogP contribution is 2.23. The van der Waals surface area contributed by atoms with Crippen molar-refractivity contribution in [3.05, 3.63) is 29.8 Å². The Labute approximate surface area is 115 Å². The molecule has 0 aliphatic rings. The van der Waals surface area contributed by atoms with Crippen LogP contribution >= 0.6 is 0 Å². The highest BCUT2D eigenvalue weighted by Gasteiger charge is 2.26. The summed E-state index contributed by atoms with van der Waals surface area (Å²) in [5.74, 6) is 0.801. The van der Waals surface area contributed by atoms with E-state index in [-0.39, 0.29) is 11.7 Å². The van der Waals surface area contributed by atoms with E-state index in [1.807, 2.05) is 52.0 Å². The highest BCUT2D eigenvalue weighted by atomic mass is 16.5. The molecule has 0 heterocycles. The maximum absolute atomic E-state index is 12.6. The van der Waals surface area contributed by atoms with Crippen LogP contribution in [0.5, 0.6) is 5.75 Å². The molecule has 0 saturated carbocycles. The van der Waals surface area contributed by atoms with Crippen LogP contribution in [0.3, 0.4) is 0 Å². The van der Waals surface area contributed by atoms with Crippen LogP contribution in [0.4, 0.5) is 0 Å². The standard InChI is InChI=1S/C16H24O3/c1-5-11-19-14-10-8-7-9-13(14)15(17)16(12(3)4)18-6-2/h7-10,12,16H,5-6,11H2,1-4H3. The molecular weight excluding hydrogens is 240 g/mol. The highest BCUT2D eigenvalue weighted by molar-refractivity contribution is 6.02. The molecule has 0 fully saturated rings. The molecule has 0 amide bonds. The molecule has 0 saturated heterocycles. The summed E-state index contributed by atoms with van der Waals surface area (Å²) in [6.45, 7) is 9.09. The Kier molecular flexibility index (Phi) is 6.57. The minimum absolute atomic E-state index is 0.00329. The van der Waals surface area contributed by atoms with Crippen LogP contribution in [0, 0.1) is 5.92 Å². The second-order valence-corrected chi connectivity index (χ2v) is 4.83. The first-order valence-corrected chi connectivity index (χ1v) is 6.99. The SMILES string of the molecule is CCCOc1ccccc1C(=O)C(OCC)C(C)C. The molecule has 3 nitrogen and oxygen atoms in total. The summed E-state index contributed by atoms with van der Waals surface area (Å²) in [5, 5.41) is 0. The molecule has 1 atom stereocenters. The monoisotopic (exact) mass is 264 g/mol. The number of Topliss-reactive ketones (excluding diaryl/α,β-unsaturated/α-hetero) is 1. The molecule has 0 N–H and O–H groups in total. The minimum atomic E-state index is -0.406. The number of para-hydroxylation sites is 1. The van der Waals surface area contributed by atoms with Gasteiger partial charge in [0.05, 0.1) is 12.2 Å². The van der Waals surface area contributed by atoms with E-state index in [4.69, 9.17) is 9.47 Å². The van der Waals surface area contributed by atoms with Crippen LogP contribution < -0.4 is 4.74 Å².